The lowest BCUT2D eigenvalue weighted by molar-refractivity contribution is 0.600. The lowest BCUT2D eigenvalue weighted by Gasteiger charge is -2.08. The summed E-state index contributed by atoms with van der Waals surface area (Å²) in [6.07, 6.45) is 1.96. The van der Waals surface area contributed by atoms with Crippen molar-refractivity contribution >= 4 is 33.3 Å². The van der Waals surface area contributed by atoms with E-state index in [1.54, 1.807) is 37.9 Å². The number of aromatic nitrogens is 2. The Hall–Kier alpha value is -1.67. The molecule has 0 aliphatic heterocycles. The van der Waals surface area contributed by atoms with Crippen LogP contribution in [0.3, 0.4) is 0 Å². The number of hydrogen-bond acceptors (Lipinski definition) is 5. The molecule has 0 bridgehead atoms. The van der Waals surface area contributed by atoms with E-state index in [-0.39, 0.29) is 10.7 Å². The van der Waals surface area contributed by atoms with E-state index in [1.807, 2.05) is 18.4 Å². The molecule has 6 nitrogen and oxygen atoms in total. The molecule has 0 unspecified atom stereocenters. The Bertz CT molecular complexity index is 721. The molecule has 0 aliphatic rings. The Balaban J connectivity index is 2.35. The molecular weight excluding hydrogens is 296 g/mol. The Morgan fingerprint density at radius 1 is 1.30 bits per heavy atom. The average molecular weight is 312 g/mol. The van der Waals surface area contributed by atoms with Gasteiger partial charge in [-0.3, -0.25) is 9.40 Å². The fraction of sp³-hybridized carbons (Fsp3) is 0.250. The number of nitrogen functional groups attached to an aromatic ring is 1. The highest BCUT2D eigenvalue weighted by Gasteiger charge is 2.24. The number of benzene rings is 1. The molecule has 0 saturated heterocycles. The summed E-state index contributed by atoms with van der Waals surface area (Å²) < 4.78 is 28.7. The Kier molecular flexibility index (Phi) is 3.96. The van der Waals surface area contributed by atoms with Crippen molar-refractivity contribution in [2.75, 3.05) is 16.7 Å². The number of nitrogens with one attached hydrogen (secondary N) is 1. The van der Waals surface area contributed by atoms with Crippen LogP contribution in [0.2, 0.25) is 0 Å². The topological polar surface area (TPSA) is 90.0 Å². The van der Waals surface area contributed by atoms with E-state index in [9.17, 15) is 8.42 Å². The van der Waals surface area contributed by atoms with Crippen LogP contribution >= 0.6 is 11.8 Å². The van der Waals surface area contributed by atoms with Gasteiger partial charge in [-0.2, -0.15) is 5.10 Å². The smallest absolute Gasteiger partial charge is 0.267 e. The maximum absolute atomic E-state index is 12.4. The van der Waals surface area contributed by atoms with Gasteiger partial charge in [-0.1, -0.05) is 0 Å². The predicted octanol–water partition coefficient (Wildman–Crippen LogP) is 1.83. The van der Waals surface area contributed by atoms with Crippen molar-refractivity contribution in [3.63, 3.8) is 0 Å². The van der Waals surface area contributed by atoms with Gasteiger partial charge in [0.15, 0.2) is 10.7 Å². The molecule has 1 aromatic heterocycles. The molecule has 0 atom stereocenters. The molecule has 3 N–H and O–H groups in total. The zero-order valence-electron chi connectivity index (χ0n) is 11.4. The first-order valence-corrected chi connectivity index (χ1v) is 8.52. The van der Waals surface area contributed by atoms with Gasteiger partial charge in [0, 0.05) is 17.6 Å². The van der Waals surface area contributed by atoms with Gasteiger partial charge in [0.2, 0.25) is 0 Å². The third kappa shape index (κ3) is 2.75. The maximum atomic E-state index is 12.4. The summed E-state index contributed by atoms with van der Waals surface area (Å²) in [7, 11) is -2.09. The van der Waals surface area contributed by atoms with Crippen molar-refractivity contribution in [2.24, 2.45) is 7.05 Å². The molecule has 0 amide bonds. The van der Waals surface area contributed by atoms with Crippen molar-refractivity contribution in [3.8, 4) is 0 Å². The van der Waals surface area contributed by atoms with Crippen molar-refractivity contribution in [3.05, 3.63) is 30.0 Å². The lowest BCUT2D eigenvalue weighted by atomic mass is 10.3. The van der Waals surface area contributed by atoms with Crippen LogP contribution in [0.25, 0.3) is 0 Å². The van der Waals surface area contributed by atoms with Gasteiger partial charge in [-0.05, 0) is 37.4 Å². The van der Waals surface area contributed by atoms with E-state index in [1.165, 1.54) is 4.68 Å². The number of aryl methyl sites for hydroxylation is 1. The summed E-state index contributed by atoms with van der Waals surface area (Å²) >= 11 is 1.59. The number of anilines is 2. The fourth-order valence-corrected chi connectivity index (χ4v) is 3.61. The Labute approximate surface area is 122 Å². The van der Waals surface area contributed by atoms with Gasteiger partial charge in [0.05, 0.1) is 5.69 Å². The highest BCUT2D eigenvalue weighted by atomic mass is 32.2. The van der Waals surface area contributed by atoms with Crippen molar-refractivity contribution < 1.29 is 8.42 Å². The number of sulfonamides is 1. The molecule has 0 radical (unpaired) electrons. The fourth-order valence-electron chi connectivity index (χ4n) is 1.81. The van der Waals surface area contributed by atoms with E-state index < -0.39 is 10.0 Å². The van der Waals surface area contributed by atoms with E-state index >= 15 is 0 Å². The first-order valence-electron chi connectivity index (χ1n) is 5.81. The quantitative estimate of drug-likeness (QED) is 0.841. The molecule has 20 heavy (non-hydrogen) atoms. The van der Waals surface area contributed by atoms with Crippen LogP contribution in [0.1, 0.15) is 5.69 Å². The molecule has 8 heteroatoms. The van der Waals surface area contributed by atoms with E-state index in [0.717, 1.165) is 4.90 Å². The maximum Gasteiger partial charge on any atom is 0.267 e. The molecule has 108 valence electrons. The minimum absolute atomic E-state index is 0.00164. The number of rotatable bonds is 4. The summed E-state index contributed by atoms with van der Waals surface area (Å²) in [4.78, 5) is 1.08. The van der Waals surface area contributed by atoms with Crippen LogP contribution in [0.5, 0.6) is 0 Å². The first kappa shape index (κ1) is 14.7. The van der Waals surface area contributed by atoms with Gasteiger partial charge in [0.25, 0.3) is 10.0 Å². The number of nitrogens with zero attached hydrogens (tertiary/aromatic N) is 2. The molecule has 0 spiro atoms. The van der Waals surface area contributed by atoms with Crippen molar-refractivity contribution in [1.29, 1.82) is 0 Å². The normalized spacial score (nSPS) is 11.6. The third-order valence-electron chi connectivity index (χ3n) is 2.92. The van der Waals surface area contributed by atoms with Gasteiger partial charge >= 0.3 is 0 Å². The Morgan fingerprint density at radius 2 is 1.90 bits per heavy atom. The summed E-state index contributed by atoms with van der Waals surface area (Å²) in [5, 5.41) is 3.92. The van der Waals surface area contributed by atoms with Crippen LogP contribution in [0.4, 0.5) is 11.5 Å². The standard InChI is InChI=1S/C12H16N4O2S2/c1-8-11(12(13)14-16(8)2)20(17,18)15-9-4-6-10(19-3)7-5-9/h4-7,15H,1-3H3,(H2,13,14). The van der Waals surface area contributed by atoms with Crippen LogP contribution in [0, 0.1) is 6.92 Å². The van der Waals surface area contributed by atoms with Crippen molar-refractivity contribution in [1.82, 2.24) is 9.78 Å². The summed E-state index contributed by atoms with van der Waals surface area (Å²) in [5.74, 6) is -0.00164. The first-order chi connectivity index (χ1) is 9.35. The zero-order valence-corrected chi connectivity index (χ0v) is 13.0. The van der Waals surface area contributed by atoms with Crippen LogP contribution in [0.15, 0.2) is 34.1 Å². The minimum atomic E-state index is -3.74. The molecule has 0 saturated carbocycles. The average Bonchev–Trinajstić information content (AvgIpc) is 2.64. The molecule has 1 heterocycles. The lowest BCUT2D eigenvalue weighted by Crippen LogP contribution is -2.15. The van der Waals surface area contributed by atoms with Gasteiger partial charge in [-0.15, -0.1) is 11.8 Å². The second-order valence-corrected chi connectivity index (χ2v) is 6.76. The van der Waals surface area contributed by atoms with Gasteiger partial charge < -0.3 is 5.73 Å². The summed E-state index contributed by atoms with van der Waals surface area (Å²) in [5.41, 5.74) is 6.66. The Morgan fingerprint density at radius 3 is 2.35 bits per heavy atom. The molecule has 0 aliphatic carbocycles. The SMILES string of the molecule is CSc1ccc(NS(=O)(=O)c2c(N)nn(C)c2C)cc1. The second kappa shape index (κ2) is 5.37. The molecule has 2 aromatic rings. The van der Waals surface area contributed by atoms with Crippen molar-refractivity contribution in [2.45, 2.75) is 16.7 Å². The van der Waals surface area contributed by atoms with E-state index in [4.69, 9.17) is 5.73 Å². The molecular formula is C12H16N4O2S2. The number of hydrogen-bond donors (Lipinski definition) is 2. The molecule has 0 fully saturated rings. The second-order valence-electron chi connectivity index (χ2n) is 4.26. The van der Waals surface area contributed by atoms with E-state index in [2.05, 4.69) is 9.82 Å². The molecule has 2 rings (SSSR count). The van der Waals surface area contributed by atoms with Crippen LogP contribution < -0.4 is 10.5 Å². The van der Waals surface area contributed by atoms with E-state index in [0.29, 0.717) is 11.4 Å². The minimum Gasteiger partial charge on any atom is -0.381 e. The molecule has 1 aromatic carbocycles. The van der Waals surface area contributed by atoms with Crippen LogP contribution in [-0.4, -0.2) is 24.5 Å². The predicted molar refractivity (Wildman–Crippen MR) is 81.4 cm³/mol. The summed E-state index contributed by atoms with van der Waals surface area (Å²) in [6.45, 7) is 1.66. The number of nitrogens with two attached hydrogens (primary N) is 1. The number of thioether (sulfide) groups is 1. The van der Waals surface area contributed by atoms with Gasteiger partial charge in [0.1, 0.15) is 0 Å². The third-order valence-corrected chi connectivity index (χ3v) is 5.21. The van der Waals surface area contributed by atoms with Crippen LogP contribution in [-0.2, 0) is 17.1 Å². The highest BCUT2D eigenvalue weighted by molar-refractivity contribution is 7.98. The largest absolute Gasteiger partial charge is 0.381 e. The summed E-state index contributed by atoms with van der Waals surface area (Å²) in [6, 6.07) is 7.13. The van der Waals surface area contributed by atoms with Gasteiger partial charge in [-0.25, -0.2) is 8.42 Å². The monoisotopic (exact) mass is 312 g/mol. The zero-order chi connectivity index (χ0) is 14.9. The highest BCUT2D eigenvalue weighted by Crippen LogP contribution is 2.25.